The summed E-state index contributed by atoms with van der Waals surface area (Å²) in [6, 6.07) is 12.5. The Hall–Kier alpha value is -2.07. The van der Waals surface area contributed by atoms with Crippen LogP contribution in [-0.2, 0) is 4.79 Å². The number of ether oxygens (including phenoxy) is 1. The summed E-state index contributed by atoms with van der Waals surface area (Å²) in [7, 11) is 1.67. The first-order chi connectivity index (χ1) is 11.6. The van der Waals surface area contributed by atoms with Crippen molar-refractivity contribution in [3.8, 4) is 5.75 Å². The van der Waals surface area contributed by atoms with Crippen molar-refractivity contribution in [2.75, 3.05) is 20.2 Å². The molecule has 0 radical (unpaired) electrons. The van der Waals surface area contributed by atoms with Gasteiger partial charge in [0, 0.05) is 6.04 Å². The quantitative estimate of drug-likeness (QED) is 0.908. The van der Waals surface area contributed by atoms with Gasteiger partial charge in [0.05, 0.1) is 13.0 Å². The van der Waals surface area contributed by atoms with Gasteiger partial charge in [-0.25, -0.2) is 0 Å². The summed E-state index contributed by atoms with van der Waals surface area (Å²) in [6.07, 6.45) is 0.997. The van der Waals surface area contributed by atoms with Crippen LogP contribution in [0.2, 0.25) is 0 Å². The molecule has 3 atom stereocenters. The normalized spacial score (nSPS) is 22.1. The molecule has 0 bridgehead atoms. The maximum atomic E-state index is 12.6. The van der Waals surface area contributed by atoms with E-state index in [2.05, 4.69) is 29.7 Å². The minimum absolute atomic E-state index is 0.113. The zero-order valence-corrected chi connectivity index (χ0v) is 14.6. The first-order valence-electron chi connectivity index (χ1n) is 8.67. The van der Waals surface area contributed by atoms with E-state index >= 15 is 0 Å². The van der Waals surface area contributed by atoms with E-state index in [1.807, 2.05) is 31.2 Å². The third-order valence-electron chi connectivity index (χ3n) is 5.08. The minimum atomic E-state index is -0.154. The van der Waals surface area contributed by atoms with Gasteiger partial charge in [-0.3, -0.25) is 4.79 Å². The molecule has 0 aromatic heterocycles. The van der Waals surface area contributed by atoms with Gasteiger partial charge in [0.25, 0.3) is 0 Å². The molecule has 4 nitrogen and oxygen atoms in total. The van der Waals surface area contributed by atoms with Gasteiger partial charge < -0.3 is 15.4 Å². The molecule has 2 aromatic rings. The Labute approximate surface area is 143 Å². The number of benzene rings is 2. The van der Waals surface area contributed by atoms with Gasteiger partial charge >= 0.3 is 0 Å². The number of hydrogen-bond donors (Lipinski definition) is 2. The van der Waals surface area contributed by atoms with Crippen LogP contribution in [0.5, 0.6) is 5.75 Å². The Balaban J connectivity index is 1.74. The van der Waals surface area contributed by atoms with Crippen molar-refractivity contribution in [2.45, 2.75) is 32.2 Å². The SMILES string of the molecule is COc1ccc2cc(C(C)C(=O)NC3CCNCC3C)ccc2c1. The van der Waals surface area contributed by atoms with E-state index in [-0.39, 0.29) is 17.9 Å². The molecule has 2 aromatic carbocycles. The first-order valence-corrected chi connectivity index (χ1v) is 8.67. The Kier molecular flexibility index (Phi) is 5.05. The van der Waals surface area contributed by atoms with E-state index in [1.165, 1.54) is 0 Å². The second-order valence-electron chi connectivity index (χ2n) is 6.78. The number of amides is 1. The molecular weight excluding hydrogens is 300 g/mol. The second-order valence-corrected chi connectivity index (χ2v) is 6.78. The highest BCUT2D eigenvalue weighted by Gasteiger charge is 2.25. The van der Waals surface area contributed by atoms with E-state index < -0.39 is 0 Å². The summed E-state index contributed by atoms with van der Waals surface area (Å²) in [6.45, 7) is 6.11. The fourth-order valence-electron chi connectivity index (χ4n) is 3.33. The first kappa shape index (κ1) is 16.8. The van der Waals surface area contributed by atoms with Gasteiger partial charge in [0.1, 0.15) is 5.75 Å². The number of methoxy groups -OCH3 is 1. The lowest BCUT2D eigenvalue weighted by atomic mass is 9.93. The molecule has 128 valence electrons. The predicted octanol–water partition coefficient (Wildman–Crippen LogP) is 3.07. The Morgan fingerprint density at radius 1 is 1.25 bits per heavy atom. The van der Waals surface area contributed by atoms with Gasteiger partial charge in [-0.1, -0.05) is 31.2 Å². The van der Waals surface area contributed by atoms with Crippen LogP contribution in [0, 0.1) is 5.92 Å². The van der Waals surface area contributed by atoms with Gasteiger partial charge in [-0.05, 0) is 60.8 Å². The molecule has 1 aliphatic rings. The Bertz CT molecular complexity index is 729. The van der Waals surface area contributed by atoms with Crippen molar-refractivity contribution >= 4 is 16.7 Å². The second kappa shape index (κ2) is 7.22. The molecule has 1 heterocycles. The maximum absolute atomic E-state index is 12.6. The summed E-state index contributed by atoms with van der Waals surface area (Å²) >= 11 is 0. The van der Waals surface area contributed by atoms with Crippen LogP contribution in [0.1, 0.15) is 31.7 Å². The topological polar surface area (TPSA) is 50.4 Å². The zero-order valence-electron chi connectivity index (χ0n) is 14.6. The summed E-state index contributed by atoms with van der Waals surface area (Å²) in [5.41, 5.74) is 1.05. The van der Waals surface area contributed by atoms with Crippen molar-refractivity contribution in [1.82, 2.24) is 10.6 Å². The molecule has 1 amide bonds. The Morgan fingerprint density at radius 3 is 2.75 bits per heavy atom. The summed E-state index contributed by atoms with van der Waals surface area (Å²) in [5.74, 6) is 1.28. The molecule has 2 N–H and O–H groups in total. The molecule has 4 heteroatoms. The van der Waals surface area contributed by atoms with Crippen molar-refractivity contribution in [1.29, 1.82) is 0 Å². The molecule has 0 spiro atoms. The number of hydrogen-bond acceptors (Lipinski definition) is 3. The minimum Gasteiger partial charge on any atom is -0.497 e. The van der Waals surface area contributed by atoms with Crippen LogP contribution in [0.25, 0.3) is 10.8 Å². The van der Waals surface area contributed by atoms with Crippen LogP contribution in [0.15, 0.2) is 36.4 Å². The smallest absolute Gasteiger partial charge is 0.227 e. The highest BCUT2D eigenvalue weighted by atomic mass is 16.5. The molecular formula is C20H26N2O2. The average Bonchev–Trinajstić information content (AvgIpc) is 2.62. The molecule has 3 rings (SSSR count). The number of rotatable bonds is 4. The maximum Gasteiger partial charge on any atom is 0.227 e. The van der Waals surface area contributed by atoms with Gasteiger partial charge in [-0.15, -0.1) is 0 Å². The van der Waals surface area contributed by atoms with Crippen molar-refractivity contribution in [3.05, 3.63) is 42.0 Å². The van der Waals surface area contributed by atoms with Crippen LogP contribution >= 0.6 is 0 Å². The van der Waals surface area contributed by atoms with Crippen LogP contribution in [0.4, 0.5) is 0 Å². The van der Waals surface area contributed by atoms with Crippen LogP contribution < -0.4 is 15.4 Å². The van der Waals surface area contributed by atoms with E-state index in [0.717, 1.165) is 41.6 Å². The predicted molar refractivity (Wildman–Crippen MR) is 97.5 cm³/mol. The molecule has 0 aliphatic carbocycles. The van der Waals surface area contributed by atoms with E-state index in [9.17, 15) is 4.79 Å². The van der Waals surface area contributed by atoms with E-state index in [1.54, 1.807) is 7.11 Å². The largest absolute Gasteiger partial charge is 0.497 e. The summed E-state index contributed by atoms with van der Waals surface area (Å²) in [4.78, 5) is 12.6. The lowest BCUT2D eigenvalue weighted by Gasteiger charge is -2.31. The number of nitrogens with one attached hydrogen (secondary N) is 2. The van der Waals surface area contributed by atoms with Gasteiger partial charge in [-0.2, -0.15) is 0 Å². The van der Waals surface area contributed by atoms with Gasteiger partial charge in [0.2, 0.25) is 5.91 Å². The third kappa shape index (κ3) is 3.54. The molecule has 3 unspecified atom stereocenters. The lowest BCUT2D eigenvalue weighted by Crippen LogP contribution is -2.49. The molecule has 24 heavy (non-hydrogen) atoms. The number of carbonyl (C=O) groups excluding carboxylic acids is 1. The Morgan fingerprint density at radius 2 is 2.00 bits per heavy atom. The van der Waals surface area contributed by atoms with Crippen molar-refractivity contribution in [3.63, 3.8) is 0 Å². The lowest BCUT2D eigenvalue weighted by molar-refractivity contribution is -0.123. The number of fused-ring (bicyclic) bond motifs is 1. The fraction of sp³-hybridized carbons (Fsp3) is 0.450. The summed E-state index contributed by atoms with van der Waals surface area (Å²) in [5, 5.41) is 8.85. The molecule has 1 fully saturated rings. The van der Waals surface area contributed by atoms with Crippen LogP contribution in [0.3, 0.4) is 0 Å². The average molecular weight is 326 g/mol. The summed E-state index contributed by atoms with van der Waals surface area (Å²) < 4.78 is 5.26. The zero-order chi connectivity index (χ0) is 17.1. The third-order valence-corrected chi connectivity index (χ3v) is 5.08. The molecule has 1 saturated heterocycles. The van der Waals surface area contributed by atoms with Crippen molar-refractivity contribution in [2.24, 2.45) is 5.92 Å². The monoisotopic (exact) mass is 326 g/mol. The fourth-order valence-corrected chi connectivity index (χ4v) is 3.33. The van der Waals surface area contributed by atoms with Crippen LogP contribution in [-0.4, -0.2) is 32.1 Å². The number of piperidine rings is 1. The number of carbonyl (C=O) groups is 1. The van der Waals surface area contributed by atoms with Gasteiger partial charge in [0.15, 0.2) is 0 Å². The highest BCUT2D eigenvalue weighted by Crippen LogP contribution is 2.25. The molecule has 1 aliphatic heterocycles. The highest BCUT2D eigenvalue weighted by molar-refractivity contribution is 5.88. The van der Waals surface area contributed by atoms with Crippen molar-refractivity contribution < 1.29 is 9.53 Å². The molecule has 0 saturated carbocycles. The standard InChI is InChI=1S/C20H26N2O2/c1-13-12-21-9-8-19(13)22-20(23)14(2)15-4-5-17-11-18(24-3)7-6-16(17)10-15/h4-7,10-11,13-14,19,21H,8-9,12H2,1-3H3,(H,22,23). The van der Waals surface area contributed by atoms with E-state index in [0.29, 0.717) is 5.92 Å². The van der Waals surface area contributed by atoms with E-state index in [4.69, 9.17) is 4.74 Å².